The van der Waals surface area contributed by atoms with Crippen molar-refractivity contribution in [3.8, 4) is 0 Å². The summed E-state index contributed by atoms with van der Waals surface area (Å²) in [4.78, 5) is 24.0. The number of benzene rings is 1. The second kappa shape index (κ2) is 6.15. The van der Waals surface area contributed by atoms with Crippen LogP contribution >= 0.6 is 0 Å². The quantitative estimate of drug-likeness (QED) is 0.845. The molecule has 1 aliphatic rings. The summed E-state index contributed by atoms with van der Waals surface area (Å²) in [5.41, 5.74) is -0.345. The summed E-state index contributed by atoms with van der Waals surface area (Å²) in [6.45, 7) is 1.28. The van der Waals surface area contributed by atoms with Gasteiger partial charge in [-0.2, -0.15) is 0 Å². The lowest BCUT2D eigenvalue weighted by atomic mass is 10.2. The highest BCUT2D eigenvalue weighted by Gasteiger charge is 2.29. The number of carbonyl (C=O) groups excluding carboxylic acids is 2. The highest BCUT2D eigenvalue weighted by Crippen LogP contribution is 2.28. The number of hydrogen-bond acceptors (Lipinski definition) is 2. The molecule has 0 saturated heterocycles. The van der Waals surface area contributed by atoms with Crippen LogP contribution in [0.5, 0.6) is 0 Å². The minimum absolute atomic E-state index is 0.0181. The Morgan fingerprint density at radius 3 is 2.48 bits per heavy atom. The molecule has 4 nitrogen and oxygen atoms in total. The van der Waals surface area contributed by atoms with Crippen LogP contribution < -0.4 is 10.2 Å². The van der Waals surface area contributed by atoms with Gasteiger partial charge in [0.05, 0.1) is 5.69 Å². The lowest BCUT2D eigenvalue weighted by molar-refractivity contribution is -0.122. The van der Waals surface area contributed by atoms with E-state index < -0.39 is 23.4 Å². The van der Waals surface area contributed by atoms with Gasteiger partial charge in [0.1, 0.15) is 0 Å². The average Bonchev–Trinajstić information content (AvgIpc) is 3.26. The molecule has 1 N–H and O–H groups in total. The fourth-order valence-electron chi connectivity index (χ4n) is 1.95. The van der Waals surface area contributed by atoms with Gasteiger partial charge in [0.25, 0.3) is 0 Å². The summed E-state index contributed by atoms with van der Waals surface area (Å²) in [6.07, 6.45) is 1.69. The maximum Gasteiger partial charge on any atom is 0.224 e. The lowest BCUT2D eigenvalue weighted by Gasteiger charge is -2.22. The van der Waals surface area contributed by atoms with Crippen LogP contribution in [0.3, 0.4) is 0 Å². The van der Waals surface area contributed by atoms with E-state index in [4.69, 9.17) is 0 Å². The van der Waals surface area contributed by atoms with Crippen molar-refractivity contribution < 1.29 is 22.8 Å². The third kappa shape index (κ3) is 3.53. The second-order valence-corrected chi connectivity index (χ2v) is 4.93. The summed E-state index contributed by atoms with van der Waals surface area (Å²) >= 11 is 0. The number of rotatable bonds is 5. The molecule has 1 saturated carbocycles. The zero-order valence-electron chi connectivity index (χ0n) is 11.5. The summed E-state index contributed by atoms with van der Waals surface area (Å²) < 4.78 is 39.8. The predicted molar refractivity (Wildman–Crippen MR) is 70.1 cm³/mol. The number of nitrogens with one attached hydrogen (secondary N) is 1. The summed E-state index contributed by atoms with van der Waals surface area (Å²) in [5, 5.41) is 2.62. The first kappa shape index (κ1) is 15.3. The first-order chi connectivity index (χ1) is 9.91. The van der Waals surface area contributed by atoms with Crippen molar-refractivity contribution in [3.63, 3.8) is 0 Å². The molecule has 0 heterocycles. The monoisotopic (exact) mass is 300 g/mol. The molecule has 1 fully saturated rings. The molecule has 1 aromatic rings. The van der Waals surface area contributed by atoms with E-state index in [0.29, 0.717) is 0 Å². The topological polar surface area (TPSA) is 49.4 Å². The number of hydrogen-bond donors (Lipinski definition) is 1. The zero-order chi connectivity index (χ0) is 15.6. The van der Waals surface area contributed by atoms with Crippen LogP contribution in [0, 0.1) is 23.4 Å². The summed E-state index contributed by atoms with van der Waals surface area (Å²) in [5.74, 6) is -4.97. The first-order valence-corrected chi connectivity index (χ1v) is 6.61. The van der Waals surface area contributed by atoms with Crippen molar-refractivity contribution in [2.75, 3.05) is 18.0 Å². The average molecular weight is 300 g/mol. The van der Waals surface area contributed by atoms with E-state index in [-0.39, 0.29) is 30.6 Å². The molecular weight excluding hydrogens is 285 g/mol. The predicted octanol–water partition coefficient (Wildman–Crippen LogP) is 1.98. The van der Waals surface area contributed by atoms with Gasteiger partial charge in [0.2, 0.25) is 11.8 Å². The van der Waals surface area contributed by atoms with Crippen molar-refractivity contribution >= 4 is 17.5 Å². The normalized spacial score (nSPS) is 13.9. The Bertz CT molecular complexity index is 574. The maximum absolute atomic E-state index is 13.7. The molecule has 0 bridgehead atoms. The number of amides is 2. The Hall–Kier alpha value is -2.05. The van der Waals surface area contributed by atoms with Crippen LogP contribution in [0.4, 0.5) is 18.9 Å². The zero-order valence-corrected chi connectivity index (χ0v) is 11.5. The highest BCUT2D eigenvalue weighted by atomic mass is 19.2. The van der Waals surface area contributed by atoms with Gasteiger partial charge in [0, 0.05) is 25.9 Å². The van der Waals surface area contributed by atoms with Crippen molar-refractivity contribution in [3.05, 3.63) is 29.6 Å². The van der Waals surface area contributed by atoms with Crippen LogP contribution in [0.1, 0.15) is 19.8 Å². The molecule has 0 radical (unpaired) electrons. The van der Waals surface area contributed by atoms with E-state index in [0.717, 1.165) is 29.9 Å². The Morgan fingerprint density at radius 1 is 1.24 bits per heavy atom. The molecule has 0 unspecified atom stereocenters. The molecule has 0 atom stereocenters. The molecule has 21 heavy (non-hydrogen) atoms. The molecule has 1 aromatic carbocycles. The number of carbonyl (C=O) groups is 2. The van der Waals surface area contributed by atoms with Crippen LogP contribution in [0.25, 0.3) is 0 Å². The lowest BCUT2D eigenvalue weighted by Crippen LogP contribution is -2.38. The van der Waals surface area contributed by atoms with Crippen LogP contribution in [-0.2, 0) is 9.59 Å². The van der Waals surface area contributed by atoms with Gasteiger partial charge in [-0.25, -0.2) is 13.2 Å². The van der Waals surface area contributed by atoms with Crippen LogP contribution in [-0.4, -0.2) is 24.9 Å². The van der Waals surface area contributed by atoms with Gasteiger partial charge in [-0.3, -0.25) is 9.59 Å². The van der Waals surface area contributed by atoms with Crippen molar-refractivity contribution in [1.82, 2.24) is 5.32 Å². The third-order valence-electron chi connectivity index (χ3n) is 3.27. The minimum atomic E-state index is -1.62. The highest BCUT2D eigenvalue weighted by molar-refractivity contribution is 5.91. The van der Waals surface area contributed by atoms with Gasteiger partial charge >= 0.3 is 0 Å². The second-order valence-electron chi connectivity index (χ2n) is 4.93. The summed E-state index contributed by atoms with van der Waals surface area (Å²) in [7, 11) is 0. The first-order valence-electron chi connectivity index (χ1n) is 6.61. The van der Waals surface area contributed by atoms with E-state index in [1.807, 2.05) is 0 Å². The molecule has 2 amide bonds. The molecular formula is C14H15F3N2O2. The van der Waals surface area contributed by atoms with E-state index in [2.05, 4.69) is 5.32 Å². The van der Waals surface area contributed by atoms with Crippen molar-refractivity contribution in [1.29, 1.82) is 0 Å². The van der Waals surface area contributed by atoms with Gasteiger partial charge in [-0.1, -0.05) is 0 Å². The largest absolute Gasteiger partial charge is 0.354 e. The van der Waals surface area contributed by atoms with Crippen molar-refractivity contribution in [2.24, 2.45) is 5.92 Å². The van der Waals surface area contributed by atoms with Crippen molar-refractivity contribution in [2.45, 2.75) is 19.8 Å². The number of nitrogens with zero attached hydrogens (tertiary/aromatic N) is 1. The number of anilines is 1. The maximum atomic E-state index is 13.7. The molecule has 114 valence electrons. The molecule has 7 heteroatoms. The Morgan fingerprint density at radius 2 is 1.90 bits per heavy atom. The third-order valence-corrected chi connectivity index (χ3v) is 3.27. The van der Waals surface area contributed by atoms with Crippen LogP contribution in [0.2, 0.25) is 0 Å². The standard InChI is InChI=1S/C14H15F3N2O2/c1-8(20)19(7-6-18-14(21)9-2-3-9)11-5-4-10(15)12(16)13(11)17/h4-5,9H,2-3,6-7H2,1H3,(H,18,21). The molecule has 0 aromatic heterocycles. The van der Waals surface area contributed by atoms with Gasteiger partial charge in [-0.15, -0.1) is 0 Å². The molecule has 1 aliphatic carbocycles. The Balaban J connectivity index is 2.06. The van der Waals surface area contributed by atoms with E-state index in [1.54, 1.807) is 0 Å². The molecule has 0 aliphatic heterocycles. The fraction of sp³-hybridized carbons (Fsp3) is 0.429. The number of halogens is 3. The Labute approximate surface area is 119 Å². The SMILES string of the molecule is CC(=O)N(CCNC(=O)C1CC1)c1ccc(F)c(F)c1F. The smallest absolute Gasteiger partial charge is 0.224 e. The van der Waals surface area contributed by atoms with E-state index in [1.165, 1.54) is 6.92 Å². The minimum Gasteiger partial charge on any atom is -0.354 e. The van der Waals surface area contributed by atoms with Gasteiger partial charge in [-0.05, 0) is 25.0 Å². The van der Waals surface area contributed by atoms with Gasteiger partial charge < -0.3 is 10.2 Å². The fourth-order valence-corrected chi connectivity index (χ4v) is 1.95. The van der Waals surface area contributed by atoms with Gasteiger partial charge in [0.15, 0.2) is 17.5 Å². The molecule has 0 spiro atoms. The van der Waals surface area contributed by atoms with Crippen LogP contribution in [0.15, 0.2) is 12.1 Å². The van der Waals surface area contributed by atoms with E-state index >= 15 is 0 Å². The molecule has 2 rings (SSSR count). The van der Waals surface area contributed by atoms with E-state index in [9.17, 15) is 22.8 Å². The summed E-state index contributed by atoms with van der Waals surface area (Å²) in [6, 6.07) is 1.75. The Kier molecular flexibility index (Phi) is 4.50.